The van der Waals surface area contributed by atoms with E-state index in [1.54, 1.807) is 0 Å². The highest BCUT2D eigenvalue weighted by molar-refractivity contribution is 5.85. The minimum Gasteiger partial charge on any atom is -0.327 e. The standard InChI is InChI=1S/C15H17N/c16-15-9-8-13(15)10-12-6-3-5-11-4-1-2-7-14(11)12/h1-7,13,15H,8-10,16H2. The average Bonchev–Trinajstić information content (AvgIpc) is 2.34. The maximum atomic E-state index is 6.01. The lowest BCUT2D eigenvalue weighted by Crippen LogP contribution is -2.40. The van der Waals surface area contributed by atoms with Crippen LogP contribution < -0.4 is 5.73 Å². The Morgan fingerprint density at radius 1 is 1.00 bits per heavy atom. The third-order valence-electron chi connectivity index (χ3n) is 3.84. The van der Waals surface area contributed by atoms with Crippen LogP contribution in [0.25, 0.3) is 10.8 Å². The number of hydrogen-bond acceptors (Lipinski definition) is 1. The normalized spacial score (nSPS) is 24.3. The van der Waals surface area contributed by atoms with Crippen LogP contribution >= 0.6 is 0 Å². The summed E-state index contributed by atoms with van der Waals surface area (Å²) in [7, 11) is 0. The Hall–Kier alpha value is -1.34. The van der Waals surface area contributed by atoms with E-state index in [0.717, 1.165) is 6.42 Å². The van der Waals surface area contributed by atoms with Crippen LogP contribution in [0.5, 0.6) is 0 Å². The molecule has 0 radical (unpaired) electrons. The van der Waals surface area contributed by atoms with E-state index in [-0.39, 0.29) is 0 Å². The Bertz CT molecular complexity index is 498. The van der Waals surface area contributed by atoms with Gasteiger partial charge >= 0.3 is 0 Å². The molecule has 0 heterocycles. The molecule has 0 amide bonds. The lowest BCUT2D eigenvalue weighted by molar-refractivity contribution is 0.256. The van der Waals surface area contributed by atoms with E-state index in [4.69, 9.17) is 5.73 Å². The molecule has 1 aliphatic rings. The van der Waals surface area contributed by atoms with Crippen LogP contribution in [0.2, 0.25) is 0 Å². The fraction of sp³-hybridized carbons (Fsp3) is 0.333. The SMILES string of the molecule is NC1CCC1Cc1cccc2ccccc12. The molecule has 0 aliphatic heterocycles. The predicted octanol–water partition coefficient (Wildman–Crippen LogP) is 3.12. The first-order chi connectivity index (χ1) is 7.84. The maximum Gasteiger partial charge on any atom is 0.00704 e. The third kappa shape index (κ3) is 1.61. The number of rotatable bonds is 2. The summed E-state index contributed by atoms with van der Waals surface area (Å²) in [5.74, 6) is 0.700. The summed E-state index contributed by atoms with van der Waals surface area (Å²) in [4.78, 5) is 0. The van der Waals surface area contributed by atoms with Gasteiger partial charge in [0.1, 0.15) is 0 Å². The van der Waals surface area contributed by atoms with Gasteiger partial charge in [0.15, 0.2) is 0 Å². The zero-order chi connectivity index (χ0) is 11.0. The zero-order valence-corrected chi connectivity index (χ0v) is 9.39. The first-order valence-corrected chi connectivity index (χ1v) is 6.07. The van der Waals surface area contributed by atoms with Crippen molar-refractivity contribution in [2.45, 2.75) is 25.3 Å². The number of fused-ring (bicyclic) bond motifs is 1. The molecule has 2 aromatic rings. The summed E-state index contributed by atoms with van der Waals surface area (Å²) in [5, 5.41) is 2.73. The first-order valence-electron chi connectivity index (χ1n) is 6.07. The fourth-order valence-electron chi connectivity index (χ4n) is 2.60. The molecule has 3 rings (SSSR count). The smallest absolute Gasteiger partial charge is 0.00704 e. The molecule has 2 atom stereocenters. The van der Waals surface area contributed by atoms with E-state index in [2.05, 4.69) is 42.5 Å². The lowest BCUT2D eigenvalue weighted by atomic mass is 9.76. The van der Waals surface area contributed by atoms with Crippen LogP contribution in [0, 0.1) is 5.92 Å². The van der Waals surface area contributed by atoms with E-state index in [1.165, 1.54) is 29.2 Å². The van der Waals surface area contributed by atoms with Gasteiger partial charge < -0.3 is 5.73 Å². The first kappa shape index (κ1) is 9.86. The summed E-state index contributed by atoms with van der Waals surface area (Å²) < 4.78 is 0. The Balaban J connectivity index is 1.96. The van der Waals surface area contributed by atoms with Crippen LogP contribution in [0.4, 0.5) is 0 Å². The van der Waals surface area contributed by atoms with Gasteiger partial charge in [-0.3, -0.25) is 0 Å². The van der Waals surface area contributed by atoms with Crippen molar-refractivity contribution in [3.05, 3.63) is 48.0 Å². The molecule has 1 nitrogen and oxygen atoms in total. The van der Waals surface area contributed by atoms with Gasteiger partial charge in [0, 0.05) is 6.04 Å². The van der Waals surface area contributed by atoms with Gasteiger partial charge in [-0.1, -0.05) is 42.5 Å². The zero-order valence-electron chi connectivity index (χ0n) is 9.39. The summed E-state index contributed by atoms with van der Waals surface area (Å²) in [6.45, 7) is 0. The summed E-state index contributed by atoms with van der Waals surface area (Å²) >= 11 is 0. The second kappa shape index (κ2) is 3.91. The fourth-order valence-corrected chi connectivity index (χ4v) is 2.60. The molecule has 1 fully saturated rings. The Labute approximate surface area is 96.3 Å². The molecule has 2 N–H and O–H groups in total. The molecule has 16 heavy (non-hydrogen) atoms. The molecule has 1 heteroatoms. The molecule has 82 valence electrons. The molecule has 0 spiro atoms. The van der Waals surface area contributed by atoms with Crippen LogP contribution in [0.3, 0.4) is 0 Å². The van der Waals surface area contributed by atoms with Gasteiger partial charge in [-0.15, -0.1) is 0 Å². The van der Waals surface area contributed by atoms with Crippen molar-refractivity contribution in [3.8, 4) is 0 Å². The third-order valence-corrected chi connectivity index (χ3v) is 3.84. The molecular weight excluding hydrogens is 194 g/mol. The van der Waals surface area contributed by atoms with Crippen LogP contribution in [0.15, 0.2) is 42.5 Å². The summed E-state index contributed by atoms with van der Waals surface area (Å²) in [5.41, 5.74) is 7.47. The Morgan fingerprint density at radius 2 is 1.81 bits per heavy atom. The lowest BCUT2D eigenvalue weighted by Gasteiger charge is -2.33. The molecule has 1 saturated carbocycles. The second-order valence-electron chi connectivity index (χ2n) is 4.84. The van der Waals surface area contributed by atoms with E-state index in [1.807, 2.05) is 0 Å². The maximum absolute atomic E-state index is 6.01. The van der Waals surface area contributed by atoms with Crippen molar-refractivity contribution in [1.82, 2.24) is 0 Å². The quantitative estimate of drug-likeness (QED) is 0.811. The molecule has 2 unspecified atom stereocenters. The van der Waals surface area contributed by atoms with Crippen molar-refractivity contribution in [2.24, 2.45) is 11.7 Å². The van der Waals surface area contributed by atoms with Gasteiger partial charge in [-0.05, 0) is 41.5 Å². The van der Waals surface area contributed by atoms with E-state index in [9.17, 15) is 0 Å². The van der Waals surface area contributed by atoms with Gasteiger partial charge in [-0.2, -0.15) is 0 Å². The molecule has 1 aliphatic carbocycles. The van der Waals surface area contributed by atoms with Gasteiger partial charge in [-0.25, -0.2) is 0 Å². The van der Waals surface area contributed by atoms with Crippen molar-refractivity contribution >= 4 is 10.8 Å². The van der Waals surface area contributed by atoms with E-state index in [0.29, 0.717) is 12.0 Å². The van der Waals surface area contributed by atoms with Crippen molar-refractivity contribution in [2.75, 3.05) is 0 Å². The molecule has 2 aromatic carbocycles. The van der Waals surface area contributed by atoms with Crippen molar-refractivity contribution in [1.29, 1.82) is 0 Å². The second-order valence-corrected chi connectivity index (χ2v) is 4.84. The molecule has 0 bridgehead atoms. The van der Waals surface area contributed by atoms with E-state index < -0.39 is 0 Å². The van der Waals surface area contributed by atoms with Crippen molar-refractivity contribution < 1.29 is 0 Å². The predicted molar refractivity (Wildman–Crippen MR) is 68.4 cm³/mol. The minimum atomic E-state index is 0.430. The van der Waals surface area contributed by atoms with Gasteiger partial charge in [0.25, 0.3) is 0 Å². The number of nitrogens with two attached hydrogens (primary N) is 1. The van der Waals surface area contributed by atoms with Crippen LogP contribution in [-0.2, 0) is 6.42 Å². The summed E-state index contributed by atoms with van der Waals surface area (Å²) in [6.07, 6.45) is 3.64. The Morgan fingerprint density at radius 3 is 2.56 bits per heavy atom. The summed E-state index contributed by atoms with van der Waals surface area (Å²) in [6, 6.07) is 15.6. The Kier molecular flexibility index (Phi) is 2.41. The van der Waals surface area contributed by atoms with Gasteiger partial charge in [0.05, 0.1) is 0 Å². The highest BCUT2D eigenvalue weighted by Crippen LogP contribution is 2.31. The largest absolute Gasteiger partial charge is 0.327 e. The molecule has 0 aromatic heterocycles. The van der Waals surface area contributed by atoms with Gasteiger partial charge in [0.2, 0.25) is 0 Å². The van der Waals surface area contributed by atoms with Crippen molar-refractivity contribution in [3.63, 3.8) is 0 Å². The monoisotopic (exact) mass is 211 g/mol. The number of hydrogen-bond donors (Lipinski definition) is 1. The topological polar surface area (TPSA) is 26.0 Å². The van der Waals surface area contributed by atoms with Crippen LogP contribution in [0.1, 0.15) is 18.4 Å². The molecule has 0 saturated heterocycles. The highest BCUT2D eigenvalue weighted by Gasteiger charge is 2.27. The average molecular weight is 211 g/mol. The van der Waals surface area contributed by atoms with Crippen LogP contribution in [-0.4, -0.2) is 6.04 Å². The minimum absolute atomic E-state index is 0.430. The van der Waals surface area contributed by atoms with E-state index >= 15 is 0 Å². The highest BCUT2D eigenvalue weighted by atomic mass is 14.7. The number of benzene rings is 2. The molecular formula is C15H17N.